The zero-order chi connectivity index (χ0) is 17.8. The van der Waals surface area contributed by atoms with Crippen LogP contribution in [0.5, 0.6) is 0 Å². The molecule has 2 aliphatic heterocycles. The van der Waals surface area contributed by atoms with Crippen molar-refractivity contribution >= 4 is 32.5 Å². The Bertz CT molecular complexity index is 873. The molecule has 1 aromatic heterocycles. The van der Waals surface area contributed by atoms with Crippen LogP contribution in [0.1, 0.15) is 37.4 Å². The molecule has 0 bridgehead atoms. The van der Waals surface area contributed by atoms with E-state index in [0.717, 1.165) is 58.3 Å². The fourth-order valence-electron chi connectivity index (χ4n) is 4.27. The summed E-state index contributed by atoms with van der Waals surface area (Å²) in [6.45, 7) is 3.50. The molecule has 6 nitrogen and oxygen atoms in total. The maximum absolute atomic E-state index is 11.4. The number of nitrogens with one attached hydrogen (secondary N) is 1. The number of aromatic nitrogens is 1. The Balaban J connectivity index is 1.93. The largest absolute Gasteiger partial charge is 0.350 e. The first kappa shape index (κ1) is 17.5. The zero-order valence-electron chi connectivity index (χ0n) is 13.8. The first-order valence-electron chi connectivity index (χ1n) is 8.37. The van der Waals surface area contributed by atoms with Gasteiger partial charge in [-0.25, -0.2) is 4.58 Å². The minimum absolute atomic E-state index is 0.422. The van der Waals surface area contributed by atoms with Gasteiger partial charge >= 0.3 is 5.60 Å². The molecule has 0 saturated heterocycles. The normalized spacial score (nSPS) is 23.7. The van der Waals surface area contributed by atoms with Gasteiger partial charge in [0.25, 0.3) is 0 Å². The summed E-state index contributed by atoms with van der Waals surface area (Å²) in [7, 11) is -4.50. The molecular weight excluding hydrogens is 412 g/mol. The van der Waals surface area contributed by atoms with E-state index in [0.29, 0.717) is 12.8 Å². The summed E-state index contributed by atoms with van der Waals surface area (Å²) in [6.07, 6.45) is 2.61. The van der Waals surface area contributed by atoms with Crippen LogP contribution >= 0.6 is 15.9 Å². The number of aromatic amines is 1. The predicted octanol–water partition coefficient (Wildman–Crippen LogP) is 0.145. The SMILES string of the molecule is CCC1(O[Cl+3]([O-])([O-])[O-])CCC[N+]2=C1c1[nH]c3ccc(Br)cc3c1CC2. The van der Waals surface area contributed by atoms with Gasteiger partial charge in [0.2, 0.25) is 5.71 Å². The Morgan fingerprint density at radius 3 is 2.84 bits per heavy atom. The summed E-state index contributed by atoms with van der Waals surface area (Å²) >= 11 is 3.51. The highest BCUT2D eigenvalue weighted by molar-refractivity contribution is 9.10. The predicted molar refractivity (Wildman–Crippen MR) is 87.1 cm³/mol. The minimum atomic E-state index is -4.50. The molecule has 1 aromatic carbocycles. The maximum atomic E-state index is 11.4. The van der Waals surface area contributed by atoms with Crippen LogP contribution in [0.25, 0.3) is 10.9 Å². The summed E-state index contributed by atoms with van der Waals surface area (Å²) in [5, 5.41) is 1.12. The number of nitrogens with zero attached hydrogens (tertiary/aromatic N) is 1. The van der Waals surface area contributed by atoms with Gasteiger partial charge in [-0.2, -0.15) is 14.0 Å². The van der Waals surface area contributed by atoms with E-state index in [-0.39, 0.29) is 0 Å². The summed E-state index contributed by atoms with van der Waals surface area (Å²) in [4.78, 5) is 3.44. The number of fused-ring (bicyclic) bond motifs is 4. The van der Waals surface area contributed by atoms with Crippen LogP contribution in [0.3, 0.4) is 0 Å². The van der Waals surface area contributed by atoms with E-state index < -0.39 is 15.8 Å². The Morgan fingerprint density at radius 1 is 1.32 bits per heavy atom. The molecule has 3 heterocycles. The van der Waals surface area contributed by atoms with Crippen molar-refractivity contribution in [1.29, 1.82) is 0 Å². The Morgan fingerprint density at radius 2 is 2.12 bits per heavy atom. The van der Waals surface area contributed by atoms with E-state index in [9.17, 15) is 14.0 Å². The van der Waals surface area contributed by atoms with Crippen molar-refractivity contribution < 1.29 is 33.1 Å². The third-order valence-electron chi connectivity index (χ3n) is 5.31. The highest BCUT2D eigenvalue weighted by Gasteiger charge is 2.58. The van der Waals surface area contributed by atoms with Crippen molar-refractivity contribution in [3.05, 3.63) is 33.9 Å². The van der Waals surface area contributed by atoms with Crippen LogP contribution in [0.2, 0.25) is 0 Å². The average Bonchev–Trinajstić information content (AvgIpc) is 2.91. The fourth-order valence-corrected chi connectivity index (χ4v) is 5.25. The van der Waals surface area contributed by atoms with Crippen molar-refractivity contribution in [2.24, 2.45) is 0 Å². The van der Waals surface area contributed by atoms with Gasteiger partial charge in [0.1, 0.15) is 18.8 Å². The van der Waals surface area contributed by atoms with E-state index in [1.165, 1.54) is 0 Å². The molecule has 25 heavy (non-hydrogen) atoms. The van der Waals surface area contributed by atoms with Gasteiger partial charge in [-0.1, -0.05) is 22.9 Å². The lowest BCUT2D eigenvalue weighted by Gasteiger charge is -2.33. The number of benzene rings is 1. The quantitative estimate of drug-likeness (QED) is 0.701. The van der Waals surface area contributed by atoms with Gasteiger partial charge in [0, 0.05) is 41.1 Å². The lowest BCUT2D eigenvalue weighted by atomic mass is 9.81. The number of hydrogen-bond acceptors (Lipinski definition) is 4. The first-order chi connectivity index (χ1) is 11.8. The van der Waals surface area contributed by atoms with Crippen LogP contribution in [0, 0.1) is 10.2 Å². The van der Waals surface area contributed by atoms with Gasteiger partial charge in [0.05, 0.1) is 14.5 Å². The summed E-state index contributed by atoms with van der Waals surface area (Å²) in [6, 6.07) is 6.04. The minimum Gasteiger partial charge on any atom is -0.350 e. The van der Waals surface area contributed by atoms with Crippen LogP contribution < -0.4 is 14.0 Å². The summed E-state index contributed by atoms with van der Waals surface area (Å²) in [5.41, 5.74) is 2.77. The molecule has 0 spiro atoms. The highest BCUT2D eigenvalue weighted by atomic mass is 79.9. The molecule has 0 fully saturated rings. The molecule has 0 aliphatic carbocycles. The standard InChI is InChI=1S/C17H18BrClN2O4/c1-2-17(25-19(22,23)24)7-3-8-21-9-6-12-13-10-11(18)4-5-14(13)20-15(12)16(17)21/h4-5,10H,2-3,6-9H2,1H3/p+1. The van der Waals surface area contributed by atoms with E-state index in [2.05, 4.69) is 31.6 Å². The molecule has 1 atom stereocenters. The molecule has 4 rings (SSSR count). The molecule has 0 amide bonds. The zero-order valence-corrected chi connectivity index (χ0v) is 16.2. The van der Waals surface area contributed by atoms with Crippen molar-refractivity contribution in [2.45, 2.75) is 38.2 Å². The molecule has 0 radical (unpaired) electrons. The molecule has 2 aliphatic rings. The fraction of sp³-hybridized carbons (Fsp3) is 0.471. The van der Waals surface area contributed by atoms with Gasteiger partial charge in [-0.15, -0.1) is 0 Å². The number of hydrogen-bond donors (Lipinski definition) is 1. The monoisotopic (exact) mass is 429 g/mol. The lowest BCUT2D eigenvalue weighted by molar-refractivity contribution is -1.92. The number of halogens is 2. The molecule has 1 N–H and O–H groups in total. The van der Waals surface area contributed by atoms with Crippen molar-refractivity contribution in [1.82, 2.24) is 4.98 Å². The van der Waals surface area contributed by atoms with Gasteiger partial charge < -0.3 is 4.98 Å². The van der Waals surface area contributed by atoms with Crippen LogP contribution in [0.15, 0.2) is 22.7 Å². The molecule has 1 unspecified atom stereocenters. The number of H-pyrrole nitrogens is 1. The second-order valence-corrected chi connectivity index (χ2v) is 8.49. The maximum Gasteiger partial charge on any atom is 0.307 e. The van der Waals surface area contributed by atoms with Crippen molar-refractivity contribution in [3.8, 4) is 0 Å². The van der Waals surface area contributed by atoms with Crippen molar-refractivity contribution in [3.63, 3.8) is 0 Å². The first-order valence-corrected chi connectivity index (χ1v) is 10.4. The van der Waals surface area contributed by atoms with Gasteiger partial charge in [0.15, 0.2) is 0 Å². The van der Waals surface area contributed by atoms with E-state index in [4.69, 9.17) is 4.29 Å². The molecule has 0 saturated carbocycles. The Hall–Kier alpha value is -0.960. The van der Waals surface area contributed by atoms with Crippen LogP contribution in [0.4, 0.5) is 0 Å². The molecule has 8 heteroatoms. The average molecular weight is 431 g/mol. The smallest absolute Gasteiger partial charge is 0.307 e. The Kier molecular flexibility index (Phi) is 4.22. The van der Waals surface area contributed by atoms with E-state index in [1.54, 1.807) is 0 Å². The molecule has 2 aromatic rings. The van der Waals surface area contributed by atoms with E-state index in [1.807, 2.05) is 19.1 Å². The van der Waals surface area contributed by atoms with Crippen LogP contribution in [-0.2, 0) is 10.7 Å². The van der Waals surface area contributed by atoms with E-state index >= 15 is 0 Å². The van der Waals surface area contributed by atoms with Crippen molar-refractivity contribution in [2.75, 3.05) is 13.1 Å². The second kappa shape index (κ2) is 6.04. The molecular formula is C17H19BrClN2O4+. The highest BCUT2D eigenvalue weighted by Crippen LogP contribution is 2.38. The summed E-state index contributed by atoms with van der Waals surface area (Å²) in [5.74, 6) is 0. The van der Waals surface area contributed by atoms with Gasteiger partial charge in [-0.05, 0) is 23.8 Å². The third-order valence-corrected chi connectivity index (χ3v) is 6.28. The summed E-state index contributed by atoms with van der Waals surface area (Å²) < 4.78 is 42.5. The third kappa shape index (κ3) is 2.93. The van der Waals surface area contributed by atoms with Crippen LogP contribution in [-0.4, -0.2) is 34.0 Å². The number of rotatable bonds is 3. The lowest BCUT2D eigenvalue weighted by Crippen LogP contribution is -2.67. The molecule has 134 valence electrons. The Labute approximate surface area is 156 Å². The van der Waals surface area contributed by atoms with Gasteiger partial charge in [-0.3, -0.25) is 0 Å². The second-order valence-electron chi connectivity index (χ2n) is 6.66. The topological polar surface area (TPSA) is 97.2 Å².